The first kappa shape index (κ1) is 26.0. The van der Waals surface area contributed by atoms with Gasteiger partial charge in [0.2, 0.25) is 6.40 Å². The lowest BCUT2D eigenvalue weighted by Gasteiger charge is -2.04. The Morgan fingerprint density at radius 3 is 2.76 bits per heavy atom. The molecule has 2 N–H and O–H groups in total. The minimum absolute atomic E-state index is 0.0189. The molecule has 0 aromatic carbocycles. The lowest BCUT2D eigenvalue weighted by atomic mass is 10.9. The van der Waals surface area contributed by atoms with Gasteiger partial charge in [-0.25, -0.2) is 4.99 Å². The second kappa shape index (κ2) is 23.0. The van der Waals surface area contributed by atoms with Crippen LogP contribution in [0.25, 0.3) is 0 Å². The van der Waals surface area contributed by atoms with Crippen LogP contribution >= 0.6 is 70.6 Å². The molecule has 0 aliphatic rings. The molecule has 0 aliphatic heterocycles. The number of aliphatic hydroxyl groups is 1. The molecule has 0 aromatic rings. The summed E-state index contributed by atoms with van der Waals surface area (Å²) in [5, 5.41) is 13.4. The van der Waals surface area contributed by atoms with E-state index in [9.17, 15) is 4.79 Å². The van der Waals surface area contributed by atoms with Gasteiger partial charge in [-0.05, 0) is 5.75 Å². The van der Waals surface area contributed by atoms with Crippen molar-refractivity contribution in [1.82, 2.24) is 5.32 Å². The molecular formula is C13H26N2O4S6. The van der Waals surface area contributed by atoms with Crippen molar-refractivity contribution in [3.63, 3.8) is 0 Å². The van der Waals surface area contributed by atoms with Crippen molar-refractivity contribution < 1.29 is 19.7 Å². The Morgan fingerprint density at radius 1 is 1.12 bits per heavy atom. The summed E-state index contributed by atoms with van der Waals surface area (Å²) >= 11 is 9.78. The molecule has 12 heteroatoms. The minimum atomic E-state index is 0.0189. The van der Waals surface area contributed by atoms with Crippen molar-refractivity contribution >= 4 is 82.2 Å². The van der Waals surface area contributed by atoms with Gasteiger partial charge in [0.15, 0.2) is 0 Å². The number of hydrogen-bond acceptors (Lipinski definition) is 11. The van der Waals surface area contributed by atoms with Crippen molar-refractivity contribution in [3.05, 3.63) is 0 Å². The smallest absolute Gasteiger partial charge is 0.279 e. The average Bonchev–Trinajstić information content (AvgIpc) is 2.62. The highest BCUT2D eigenvalue weighted by molar-refractivity contribution is 8.22. The van der Waals surface area contributed by atoms with E-state index < -0.39 is 0 Å². The summed E-state index contributed by atoms with van der Waals surface area (Å²) in [5.41, 5.74) is 0. The van der Waals surface area contributed by atoms with E-state index in [2.05, 4.69) is 17.2 Å². The van der Waals surface area contributed by atoms with Gasteiger partial charge < -0.3 is 15.3 Å². The van der Waals surface area contributed by atoms with E-state index in [0.29, 0.717) is 17.7 Å². The lowest BCUT2D eigenvalue weighted by molar-refractivity contribution is -0.196. The molecule has 0 heterocycles. The summed E-state index contributed by atoms with van der Waals surface area (Å²) in [7, 11) is 0. The van der Waals surface area contributed by atoms with E-state index in [0.717, 1.165) is 33.2 Å². The number of nitrogens with zero attached hydrogens (tertiary/aromatic N) is 1. The lowest BCUT2D eigenvalue weighted by Crippen LogP contribution is -2.18. The first-order valence-corrected chi connectivity index (χ1v) is 14.2. The fourth-order valence-electron chi connectivity index (χ4n) is 1.04. The maximum absolute atomic E-state index is 11.5. The Balaban J connectivity index is 3.17. The molecule has 1 amide bonds. The van der Waals surface area contributed by atoms with Gasteiger partial charge in [-0.2, -0.15) is 16.6 Å². The minimum Gasteiger partial charge on any atom is -0.396 e. The first-order valence-electron chi connectivity index (χ1n) is 7.48. The molecule has 0 fully saturated rings. The Bertz CT molecular complexity index is 329. The van der Waals surface area contributed by atoms with Crippen LogP contribution < -0.4 is 5.32 Å². The van der Waals surface area contributed by atoms with Crippen LogP contribution in [-0.2, 0) is 9.78 Å². The molecule has 0 saturated heterocycles. The molecule has 6 nitrogen and oxygen atoms in total. The van der Waals surface area contributed by atoms with Gasteiger partial charge >= 0.3 is 0 Å². The summed E-state index contributed by atoms with van der Waals surface area (Å²) < 4.78 is 0. The third-order valence-corrected chi connectivity index (χ3v) is 8.09. The van der Waals surface area contributed by atoms with Gasteiger partial charge in [-0.3, -0.25) is 4.79 Å². The summed E-state index contributed by atoms with van der Waals surface area (Å²) in [6.45, 7) is 2.25. The number of thioether (sulfide) groups is 6. The molecular weight excluding hydrogens is 441 g/mol. The Kier molecular flexibility index (Phi) is 23.9. The maximum atomic E-state index is 11.5. The molecule has 148 valence electrons. The fourth-order valence-corrected chi connectivity index (χ4v) is 5.78. The predicted molar refractivity (Wildman–Crippen MR) is 121 cm³/mol. The van der Waals surface area contributed by atoms with Gasteiger partial charge in [0.25, 0.3) is 5.24 Å². The number of nitrogens with one attached hydrogen (secondary N) is 1. The molecule has 0 rings (SSSR count). The normalized spacial score (nSPS) is 11.1. The van der Waals surface area contributed by atoms with Crippen LogP contribution in [-0.4, -0.2) is 74.2 Å². The zero-order valence-electron chi connectivity index (χ0n) is 14.2. The zero-order chi connectivity index (χ0) is 18.4. The van der Waals surface area contributed by atoms with Crippen LogP contribution in [0.2, 0.25) is 0 Å². The Labute approximate surface area is 175 Å². The van der Waals surface area contributed by atoms with E-state index >= 15 is 0 Å². The van der Waals surface area contributed by atoms with Crippen LogP contribution in [0.3, 0.4) is 0 Å². The monoisotopic (exact) mass is 466 g/mol. The topological polar surface area (TPSA) is 80.2 Å². The van der Waals surface area contributed by atoms with Crippen LogP contribution in [0.1, 0.15) is 6.92 Å². The van der Waals surface area contributed by atoms with Crippen LogP contribution in [0, 0.1) is 0 Å². The average molecular weight is 467 g/mol. The molecule has 0 spiro atoms. The van der Waals surface area contributed by atoms with Gasteiger partial charge in [-0.15, -0.1) is 47.0 Å². The Hall–Kier alpha value is 0.960. The highest BCUT2D eigenvalue weighted by atomic mass is 32.2. The van der Waals surface area contributed by atoms with Crippen LogP contribution in [0.4, 0.5) is 4.79 Å². The summed E-state index contributed by atoms with van der Waals surface area (Å²) in [4.78, 5) is 25.2. The van der Waals surface area contributed by atoms with Gasteiger partial charge in [-0.1, -0.05) is 18.7 Å². The fraction of sp³-hybridized carbons (Fsp3) is 0.846. The highest BCUT2D eigenvalue weighted by Crippen LogP contribution is 2.17. The number of hydrogen-bond donors (Lipinski definition) is 2. The van der Waals surface area contributed by atoms with E-state index in [1.54, 1.807) is 58.8 Å². The molecule has 0 unspecified atom stereocenters. The van der Waals surface area contributed by atoms with Gasteiger partial charge in [0.05, 0.1) is 18.4 Å². The third kappa shape index (κ3) is 22.9. The van der Waals surface area contributed by atoms with Gasteiger partial charge in [0.1, 0.15) is 5.94 Å². The largest absolute Gasteiger partial charge is 0.396 e. The Morgan fingerprint density at radius 2 is 1.96 bits per heavy atom. The van der Waals surface area contributed by atoms with Crippen molar-refractivity contribution in [1.29, 1.82) is 0 Å². The van der Waals surface area contributed by atoms with Crippen LogP contribution in [0.5, 0.6) is 0 Å². The molecule has 0 atom stereocenters. The first-order chi connectivity index (χ1) is 12.3. The van der Waals surface area contributed by atoms with Crippen molar-refractivity contribution in [2.75, 3.05) is 57.5 Å². The molecule has 0 aliphatic carbocycles. The van der Waals surface area contributed by atoms with E-state index in [-0.39, 0.29) is 11.8 Å². The highest BCUT2D eigenvalue weighted by Gasteiger charge is 2.01. The predicted octanol–water partition coefficient (Wildman–Crippen LogP) is 3.87. The maximum Gasteiger partial charge on any atom is 0.279 e. The molecule has 0 bridgehead atoms. The third-order valence-electron chi connectivity index (χ3n) is 2.04. The van der Waals surface area contributed by atoms with Crippen molar-refractivity contribution in [2.45, 2.75) is 6.92 Å². The van der Waals surface area contributed by atoms with Crippen LogP contribution in [0.15, 0.2) is 4.99 Å². The quantitative estimate of drug-likeness (QED) is 0.0776. The van der Waals surface area contributed by atoms with Crippen molar-refractivity contribution in [2.24, 2.45) is 4.99 Å². The number of rotatable bonds is 18. The standard InChI is InChI=1S/C13H26N2O4S6/c1-2-20-10-19-18-7-14-8-22-11-24-12-23-9-15-13(17)25-6-5-21-4-3-16/h7,16H,2-6,8-12H2,1H3,(H,15,17)/b14-7+. The number of amides is 1. The van der Waals surface area contributed by atoms with E-state index in [1.807, 2.05) is 0 Å². The molecule has 25 heavy (non-hydrogen) atoms. The van der Waals surface area contributed by atoms with Gasteiger partial charge in [0, 0.05) is 27.4 Å². The number of carbonyl (C=O) groups is 1. The second-order valence-corrected chi connectivity index (χ2v) is 11.1. The number of carbonyl (C=O) groups excluding carboxylic acids is 1. The summed E-state index contributed by atoms with van der Waals surface area (Å²) in [6.07, 6.45) is 1.33. The summed E-state index contributed by atoms with van der Waals surface area (Å²) in [5.74, 6) is 5.18. The SMILES string of the molecule is CCSCOO/C=N/CSCSCSCNC(=O)SCCSCCO. The molecule has 0 radical (unpaired) electrons. The molecule has 0 saturated carbocycles. The van der Waals surface area contributed by atoms with E-state index in [4.69, 9.17) is 14.9 Å². The molecule has 0 aromatic heterocycles. The summed E-state index contributed by atoms with van der Waals surface area (Å²) in [6, 6.07) is 0. The zero-order valence-corrected chi connectivity index (χ0v) is 19.1. The van der Waals surface area contributed by atoms with Crippen molar-refractivity contribution in [3.8, 4) is 0 Å². The number of aliphatic hydroxyl groups excluding tert-OH is 1. The second-order valence-electron chi connectivity index (χ2n) is 3.88. The van der Waals surface area contributed by atoms with E-state index in [1.165, 1.54) is 18.2 Å². The number of aliphatic imine (C=N–C) groups is 1.